The van der Waals surface area contributed by atoms with E-state index in [-0.39, 0.29) is 16.7 Å². The second kappa shape index (κ2) is 9.74. The maximum absolute atomic E-state index is 13.1. The van der Waals surface area contributed by atoms with Crippen LogP contribution in [0.2, 0.25) is 0 Å². The van der Waals surface area contributed by atoms with E-state index >= 15 is 0 Å². The number of aromatic nitrogens is 2. The van der Waals surface area contributed by atoms with E-state index in [9.17, 15) is 13.2 Å². The maximum atomic E-state index is 13.1. The third-order valence-electron chi connectivity index (χ3n) is 5.97. The number of hydrogen-bond donors (Lipinski definition) is 1. The number of carbonyl (C=O) groups is 1. The predicted octanol–water partition coefficient (Wildman–Crippen LogP) is 2.90. The Morgan fingerprint density at radius 2 is 1.84 bits per heavy atom. The molecular formula is C22H29N5O3S. The zero-order chi connectivity index (χ0) is 21.7. The smallest absolute Gasteiger partial charge is 0.243 e. The van der Waals surface area contributed by atoms with Crippen molar-refractivity contribution < 1.29 is 13.2 Å². The van der Waals surface area contributed by atoms with Crippen molar-refractivity contribution in [3.05, 3.63) is 42.9 Å². The van der Waals surface area contributed by atoms with Crippen LogP contribution in [0.25, 0.3) is 0 Å². The highest BCUT2D eigenvalue weighted by Crippen LogP contribution is 2.25. The van der Waals surface area contributed by atoms with E-state index in [0.717, 1.165) is 50.9 Å². The van der Waals surface area contributed by atoms with E-state index in [2.05, 4.69) is 20.2 Å². The number of nitrogens with one attached hydrogen (secondary N) is 1. The lowest BCUT2D eigenvalue weighted by atomic mass is 9.97. The Morgan fingerprint density at radius 1 is 1.03 bits per heavy atom. The van der Waals surface area contributed by atoms with Crippen LogP contribution in [0.15, 0.2) is 47.8 Å². The Bertz CT molecular complexity index is 991. The number of hydrogen-bond acceptors (Lipinski definition) is 6. The van der Waals surface area contributed by atoms with Gasteiger partial charge in [-0.3, -0.25) is 9.78 Å². The highest BCUT2D eigenvalue weighted by Gasteiger charge is 2.28. The summed E-state index contributed by atoms with van der Waals surface area (Å²) in [6.07, 6.45) is 10.6. The fourth-order valence-electron chi connectivity index (χ4n) is 4.26. The molecule has 166 valence electrons. The van der Waals surface area contributed by atoms with Crippen molar-refractivity contribution in [1.82, 2.24) is 14.3 Å². The molecule has 1 N–H and O–H groups in total. The summed E-state index contributed by atoms with van der Waals surface area (Å²) in [5, 5.41) is 2.93. The van der Waals surface area contributed by atoms with Crippen molar-refractivity contribution in [3.8, 4) is 0 Å². The van der Waals surface area contributed by atoms with Gasteiger partial charge in [0.2, 0.25) is 15.9 Å². The molecule has 8 nitrogen and oxygen atoms in total. The Kier molecular flexibility index (Phi) is 6.82. The van der Waals surface area contributed by atoms with E-state index in [0.29, 0.717) is 25.3 Å². The highest BCUT2D eigenvalue weighted by atomic mass is 32.2. The van der Waals surface area contributed by atoms with Crippen LogP contribution in [-0.4, -0.2) is 54.8 Å². The Balaban J connectivity index is 1.44. The molecule has 9 heteroatoms. The number of amides is 1. The molecule has 1 unspecified atom stereocenters. The lowest BCUT2D eigenvalue weighted by Crippen LogP contribution is -2.41. The van der Waals surface area contributed by atoms with Crippen LogP contribution in [0.1, 0.15) is 38.5 Å². The van der Waals surface area contributed by atoms with E-state index in [1.54, 1.807) is 47.2 Å². The molecule has 1 amide bonds. The van der Waals surface area contributed by atoms with Gasteiger partial charge in [0.25, 0.3) is 0 Å². The molecule has 2 saturated heterocycles. The summed E-state index contributed by atoms with van der Waals surface area (Å²) >= 11 is 0. The van der Waals surface area contributed by atoms with Gasteiger partial charge in [0, 0.05) is 44.3 Å². The summed E-state index contributed by atoms with van der Waals surface area (Å²) in [6.45, 7) is 2.51. The van der Waals surface area contributed by atoms with Gasteiger partial charge in [-0.1, -0.05) is 18.9 Å². The summed E-state index contributed by atoms with van der Waals surface area (Å²) in [5.41, 5.74) is 0.512. The molecule has 31 heavy (non-hydrogen) atoms. The second-order valence-electron chi connectivity index (χ2n) is 8.18. The van der Waals surface area contributed by atoms with Gasteiger partial charge in [-0.2, -0.15) is 4.31 Å². The fourth-order valence-corrected chi connectivity index (χ4v) is 5.83. The van der Waals surface area contributed by atoms with Crippen molar-refractivity contribution in [2.24, 2.45) is 5.92 Å². The lowest BCUT2D eigenvalue weighted by molar-refractivity contribution is -0.120. The molecule has 2 aliphatic heterocycles. The van der Waals surface area contributed by atoms with Crippen molar-refractivity contribution in [2.45, 2.75) is 43.4 Å². The normalized spacial score (nSPS) is 20.8. The number of anilines is 2. The first-order valence-corrected chi connectivity index (χ1v) is 12.4. The number of rotatable bonds is 5. The molecule has 0 bridgehead atoms. The van der Waals surface area contributed by atoms with Crippen LogP contribution >= 0.6 is 0 Å². The summed E-state index contributed by atoms with van der Waals surface area (Å²) in [5.74, 6) is 0.477. The van der Waals surface area contributed by atoms with Gasteiger partial charge in [-0.15, -0.1) is 0 Å². The number of sulfonamides is 1. The number of nitrogens with zero attached hydrogens (tertiary/aromatic N) is 4. The van der Waals surface area contributed by atoms with E-state index < -0.39 is 10.0 Å². The van der Waals surface area contributed by atoms with Crippen LogP contribution in [0, 0.1) is 5.92 Å². The van der Waals surface area contributed by atoms with E-state index in [4.69, 9.17) is 0 Å². The highest BCUT2D eigenvalue weighted by molar-refractivity contribution is 7.89. The van der Waals surface area contributed by atoms with Gasteiger partial charge in [-0.25, -0.2) is 13.4 Å². The Labute approximate surface area is 183 Å². The third-order valence-corrected chi connectivity index (χ3v) is 7.86. The quantitative estimate of drug-likeness (QED) is 0.763. The molecule has 2 aromatic rings. The van der Waals surface area contributed by atoms with Gasteiger partial charge in [0.1, 0.15) is 5.82 Å². The van der Waals surface area contributed by atoms with E-state index in [1.165, 1.54) is 0 Å². The zero-order valence-corrected chi connectivity index (χ0v) is 18.4. The van der Waals surface area contributed by atoms with Crippen LogP contribution in [0.4, 0.5) is 11.5 Å². The Morgan fingerprint density at radius 3 is 2.58 bits per heavy atom. The fraction of sp³-hybridized carbons (Fsp3) is 0.500. The summed E-state index contributed by atoms with van der Waals surface area (Å²) in [6, 6.07) is 6.60. The molecule has 3 heterocycles. The van der Waals surface area contributed by atoms with Gasteiger partial charge in [0.15, 0.2) is 0 Å². The first-order chi connectivity index (χ1) is 15.0. The van der Waals surface area contributed by atoms with Crippen LogP contribution in [-0.2, 0) is 14.8 Å². The van der Waals surface area contributed by atoms with Gasteiger partial charge < -0.3 is 10.2 Å². The molecule has 0 saturated carbocycles. The number of carbonyl (C=O) groups excluding carboxylic acids is 1. The zero-order valence-electron chi connectivity index (χ0n) is 17.6. The Hall–Kier alpha value is -2.52. The summed E-state index contributed by atoms with van der Waals surface area (Å²) < 4.78 is 27.7. The van der Waals surface area contributed by atoms with Gasteiger partial charge >= 0.3 is 0 Å². The number of piperidine rings is 1. The summed E-state index contributed by atoms with van der Waals surface area (Å²) in [4.78, 5) is 23.7. The van der Waals surface area contributed by atoms with Crippen molar-refractivity contribution in [3.63, 3.8) is 0 Å². The molecular weight excluding hydrogens is 414 g/mol. The van der Waals surface area contributed by atoms with Crippen molar-refractivity contribution in [2.75, 3.05) is 36.4 Å². The monoisotopic (exact) mass is 443 g/mol. The van der Waals surface area contributed by atoms with Gasteiger partial charge in [0.05, 0.1) is 17.0 Å². The predicted molar refractivity (Wildman–Crippen MR) is 119 cm³/mol. The average Bonchev–Trinajstić information content (AvgIpc) is 3.10. The average molecular weight is 444 g/mol. The molecule has 0 aliphatic carbocycles. The first kappa shape index (κ1) is 21.7. The molecule has 4 rings (SSSR count). The largest absolute Gasteiger partial charge is 0.355 e. The summed E-state index contributed by atoms with van der Waals surface area (Å²) in [7, 11) is -3.55. The van der Waals surface area contributed by atoms with Crippen LogP contribution < -0.4 is 10.2 Å². The standard InChI is InChI=1S/C22H29N5O3S/c28-22(18-7-6-12-26(17-18)21-16-23-10-11-24-21)25-19-8-5-9-20(15-19)31(29,30)27-13-3-1-2-4-14-27/h5,8-11,15-16,18H,1-4,6-7,12-14,17H2,(H,25,28). The molecule has 2 fully saturated rings. The van der Waals surface area contributed by atoms with Crippen molar-refractivity contribution >= 4 is 27.4 Å². The SMILES string of the molecule is O=C(Nc1cccc(S(=O)(=O)N2CCCCCC2)c1)C1CCCN(c2cnccn2)C1. The minimum Gasteiger partial charge on any atom is -0.355 e. The van der Waals surface area contributed by atoms with Crippen molar-refractivity contribution in [1.29, 1.82) is 0 Å². The molecule has 0 radical (unpaired) electrons. The van der Waals surface area contributed by atoms with E-state index in [1.807, 2.05) is 0 Å². The number of benzene rings is 1. The topological polar surface area (TPSA) is 95.5 Å². The molecule has 1 atom stereocenters. The minimum absolute atomic E-state index is 0.0992. The van der Waals surface area contributed by atoms with Gasteiger partial charge in [-0.05, 0) is 43.9 Å². The minimum atomic E-state index is -3.55. The first-order valence-electron chi connectivity index (χ1n) is 11.0. The van der Waals surface area contributed by atoms with Crippen LogP contribution in [0.3, 0.4) is 0 Å². The second-order valence-corrected chi connectivity index (χ2v) is 10.1. The third kappa shape index (κ3) is 5.22. The molecule has 1 aromatic carbocycles. The maximum Gasteiger partial charge on any atom is 0.243 e. The van der Waals surface area contributed by atoms with Crippen LogP contribution in [0.5, 0.6) is 0 Å². The molecule has 2 aliphatic rings. The molecule has 0 spiro atoms. The lowest BCUT2D eigenvalue weighted by Gasteiger charge is -2.32. The molecule has 1 aromatic heterocycles.